The van der Waals surface area contributed by atoms with Crippen molar-refractivity contribution in [1.29, 1.82) is 0 Å². The molecule has 1 heterocycles. The maximum atomic E-state index is 9.67. The summed E-state index contributed by atoms with van der Waals surface area (Å²) < 4.78 is 5.53. The van der Waals surface area contributed by atoms with Crippen molar-refractivity contribution in [2.45, 2.75) is 57.5 Å². The number of aliphatic hydroxyl groups is 1. The van der Waals surface area contributed by atoms with Gasteiger partial charge in [0.15, 0.2) is 0 Å². The van der Waals surface area contributed by atoms with Crippen molar-refractivity contribution in [2.75, 3.05) is 0 Å². The zero-order valence-corrected chi connectivity index (χ0v) is 8.63. The molecule has 1 N–H and O–H groups in total. The Hall–Kier alpha value is -0.770. The lowest BCUT2D eigenvalue weighted by molar-refractivity contribution is 0.0187. The van der Waals surface area contributed by atoms with E-state index < -0.39 is 12.1 Å². The number of hydrogen-bond donors (Lipinski definition) is 1. The van der Waals surface area contributed by atoms with Gasteiger partial charge < -0.3 is 9.84 Å². The molecule has 0 aromatic carbocycles. The maximum absolute atomic E-state index is 9.67. The lowest BCUT2D eigenvalue weighted by Crippen LogP contribution is -2.29. The van der Waals surface area contributed by atoms with E-state index >= 15 is 0 Å². The van der Waals surface area contributed by atoms with Crippen LogP contribution in [0.1, 0.15) is 33.1 Å². The van der Waals surface area contributed by atoms with E-state index in [0.717, 1.165) is 19.3 Å². The van der Waals surface area contributed by atoms with Gasteiger partial charge in [0.25, 0.3) is 0 Å². The van der Waals surface area contributed by atoms with Crippen molar-refractivity contribution in [3.05, 3.63) is 10.4 Å². The molecule has 5 heteroatoms. The Balaban J connectivity index is 2.59. The lowest BCUT2D eigenvalue weighted by atomic mass is 10.0. The largest absolute Gasteiger partial charge is 0.390 e. The van der Waals surface area contributed by atoms with Gasteiger partial charge in [0.2, 0.25) is 0 Å². The second-order valence-electron chi connectivity index (χ2n) is 3.71. The van der Waals surface area contributed by atoms with Crippen LogP contribution in [-0.4, -0.2) is 29.5 Å². The molecule has 0 saturated carbocycles. The second kappa shape index (κ2) is 5.20. The molecule has 0 amide bonds. The molecule has 1 saturated heterocycles. The smallest absolute Gasteiger partial charge is 0.0920 e. The highest BCUT2D eigenvalue weighted by molar-refractivity contribution is 4.93. The third-order valence-corrected chi connectivity index (χ3v) is 2.63. The highest BCUT2D eigenvalue weighted by Gasteiger charge is 2.40. The van der Waals surface area contributed by atoms with Crippen molar-refractivity contribution in [1.82, 2.24) is 0 Å². The van der Waals surface area contributed by atoms with E-state index in [1.165, 1.54) is 0 Å². The molecule has 1 fully saturated rings. The second-order valence-corrected chi connectivity index (χ2v) is 3.71. The number of aliphatic hydroxyl groups excluding tert-OH is 1. The Labute approximate surface area is 83.7 Å². The first-order valence-corrected chi connectivity index (χ1v) is 5.08. The molecule has 4 atom stereocenters. The fourth-order valence-corrected chi connectivity index (χ4v) is 1.78. The van der Waals surface area contributed by atoms with Gasteiger partial charge in [-0.3, -0.25) is 0 Å². The first-order valence-electron chi connectivity index (χ1n) is 5.08. The number of hydrogen-bond acceptors (Lipinski definition) is 3. The van der Waals surface area contributed by atoms with Gasteiger partial charge in [-0.15, -0.1) is 0 Å². The molecule has 5 nitrogen and oxygen atoms in total. The summed E-state index contributed by atoms with van der Waals surface area (Å²) in [5, 5.41) is 13.3. The van der Waals surface area contributed by atoms with Crippen molar-refractivity contribution in [2.24, 2.45) is 5.11 Å². The average Bonchev–Trinajstić information content (AvgIpc) is 2.43. The van der Waals surface area contributed by atoms with E-state index in [-0.39, 0.29) is 12.2 Å². The van der Waals surface area contributed by atoms with Gasteiger partial charge in [-0.2, -0.15) is 0 Å². The van der Waals surface area contributed by atoms with Crippen LogP contribution in [0.5, 0.6) is 0 Å². The molecule has 0 aromatic heterocycles. The van der Waals surface area contributed by atoms with Crippen LogP contribution in [0.4, 0.5) is 0 Å². The van der Waals surface area contributed by atoms with Crippen LogP contribution in [0.15, 0.2) is 5.11 Å². The molecule has 0 aliphatic carbocycles. The molecule has 0 bridgehead atoms. The van der Waals surface area contributed by atoms with Gasteiger partial charge in [0.05, 0.1) is 24.4 Å². The minimum absolute atomic E-state index is 0.115. The third kappa shape index (κ3) is 2.38. The monoisotopic (exact) mass is 199 g/mol. The standard InChI is InChI=1S/C9H17N3O2/c1-3-4-5-7-8(11-12-10)9(13)6(2)14-7/h6-9,13H,3-5H2,1-2H3/t6-,7+,8+,9-/m0/s1. The fourth-order valence-electron chi connectivity index (χ4n) is 1.78. The quantitative estimate of drug-likeness (QED) is 0.427. The summed E-state index contributed by atoms with van der Waals surface area (Å²) in [4.78, 5) is 2.75. The van der Waals surface area contributed by atoms with Crippen molar-refractivity contribution in [3.63, 3.8) is 0 Å². The summed E-state index contributed by atoms with van der Waals surface area (Å²) in [5.74, 6) is 0. The third-order valence-electron chi connectivity index (χ3n) is 2.63. The molecule has 14 heavy (non-hydrogen) atoms. The first kappa shape index (κ1) is 11.3. The molecule has 0 radical (unpaired) electrons. The summed E-state index contributed by atoms with van der Waals surface area (Å²) in [6, 6.07) is -0.415. The Morgan fingerprint density at radius 3 is 2.86 bits per heavy atom. The SMILES string of the molecule is CCCC[C@H]1O[C@@H](C)[C@H](O)[C@@H]1N=[N+]=[N-]. The van der Waals surface area contributed by atoms with E-state index in [2.05, 4.69) is 16.9 Å². The van der Waals surface area contributed by atoms with Gasteiger partial charge in [0, 0.05) is 4.91 Å². The average molecular weight is 199 g/mol. The van der Waals surface area contributed by atoms with Gasteiger partial charge in [-0.25, -0.2) is 0 Å². The van der Waals surface area contributed by atoms with E-state index in [0.29, 0.717) is 0 Å². The van der Waals surface area contributed by atoms with Crippen LogP contribution >= 0.6 is 0 Å². The molecular weight excluding hydrogens is 182 g/mol. The topological polar surface area (TPSA) is 78.2 Å². The molecule has 1 aliphatic heterocycles. The molecule has 80 valence electrons. The molecule has 1 rings (SSSR count). The van der Waals surface area contributed by atoms with Crippen LogP contribution in [0.2, 0.25) is 0 Å². The molecular formula is C9H17N3O2. The van der Waals surface area contributed by atoms with Crippen LogP contribution in [0, 0.1) is 0 Å². The number of ether oxygens (including phenoxy) is 1. The Morgan fingerprint density at radius 1 is 1.57 bits per heavy atom. The highest BCUT2D eigenvalue weighted by atomic mass is 16.5. The predicted octanol–water partition coefficient (Wildman–Crippen LogP) is 2.00. The van der Waals surface area contributed by atoms with Crippen molar-refractivity contribution in [3.8, 4) is 0 Å². The van der Waals surface area contributed by atoms with E-state index in [4.69, 9.17) is 10.3 Å². The summed E-state index contributed by atoms with van der Waals surface area (Å²) in [7, 11) is 0. The number of unbranched alkanes of at least 4 members (excludes halogenated alkanes) is 1. The maximum Gasteiger partial charge on any atom is 0.0920 e. The molecule has 0 spiro atoms. The number of azide groups is 1. The Morgan fingerprint density at radius 2 is 2.29 bits per heavy atom. The summed E-state index contributed by atoms with van der Waals surface area (Å²) in [6.45, 7) is 3.90. The zero-order valence-electron chi connectivity index (χ0n) is 8.63. The van der Waals surface area contributed by atoms with Crippen LogP contribution < -0.4 is 0 Å². The van der Waals surface area contributed by atoms with Gasteiger partial charge in [-0.05, 0) is 18.9 Å². The van der Waals surface area contributed by atoms with Crippen molar-refractivity contribution >= 4 is 0 Å². The lowest BCUT2D eigenvalue weighted by Gasteiger charge is -2.14. The van der Waals surface area contributed by atoms with Crippen molar-refractivity contribution < 1.29 is 9.84 Å². The van der Waals surface area contributed by atoms with Gasteiger partial charge in [-0.1, -0.05) is 24.9 Å². The number of rotatable bonds is 4. The predicted molar refractivity (Wildman–Crippen MR) is 52.8 cm³/mol. The van der Waals surface area contributed by atoms with E-state index in [1.54, 1.807) is 6.92 Å². The van der Waals surface area contributed by atoms with Gasteiger partial charge >= 0.3 is 0 Å². The Bertz CT molecular complexity index is 228. The summed E-state index contributed by atoms with van der Waals surface area (Å²) in [6.07, 6.45) is 1.95. The molecule has 1 aliphatic rings. The van der Waals surface area contributed by atoms with E-state index in [9.17, 15) is 5.11 Å². The highest BCUT2D eigenvalue weighted by Crippen LogP contribution is 2.27. The minimum atomic E-state index is -0.659. The summed E-state index contributed by atoms with van der Waals surface area (Å²) >= 11 is 0. The van der Waals surface area contributed by atoms with Crippen LogP contribution in [0.25, 0.3) is 10.4 Å². The van der Waals surface area contributed by atoms with Crippen LogP contribution in [0.3, 0.4) is 0 Å². The van der Waals surface area contributed by atoms with Crippen LogP contribution in [-0.2, 0) is 4.74 Å². The number of nitrogens with zero attached hydrogens (tertiary/aromatic N) is 3. The summed E-state index contributed by atoms with van der Waals surface area (Å²) in [5.41, 5.74) is 8.37. The fraction of sp³-hybridized carbons (Fsp3) is 1.00. The molecule has 0 aromatic rings. The first-order chi connectivity index (χ1) is 6.70. The van der Waals surface area contributed by atoms with E-state index in [1.807, 2.05) is 0 Å². The molecule has 0 unspecified atom stereocenters. The minimum Gasteiger partial charge on any atom is -0.390 e. The Kier molecular flexibility index (Phi) is 4.20. The zero-order chi connectivity index (χ0) is 10.6. The normalized spacial score (nSPS) is 36.8. The van der Waals surface area contributed by atoms with Gasteiger partial charge in [0.1, 0.15) is 0 Å².